The Labute approximate surface area is 161 Å². The summed E-state index contributed by atoms with van der Waals surface area (Å²) >= 11 is 6.52. The van der Waals surface area contributed by atoms with Crippen molar-refractivity contribution in [1.82, 2.24) is 10.2 Å². The Kier molecular flexibility index (Phi) is 7.86. The van der Waals surface area contributed by atoms with Crippen molar-refractivity contribution in [3.05, 3.63) is 29.8 Å². The van der Waals surface area contributed by atoms with Gasteiger partial charge in [0.05, 0.1) is 5.75 Å². The fraction of sp³-hybridized carbons (Fsp3) is 0.412. The molecule has 0 radical (unpaired) electrons. The normalized spacial score (nSPS) is 13.2. The van der Waals surface area contributed by atoms with E-state index in [0.717, 1.165) is 25.9 Å². The highest BCUT2D eigenvalue weighted by molar-refractivity contribution is 8.23. The molecule has 1 aromatic carbocycles. The molecule has 0 atom stereocenters. The second kappa shape index (κ2) is 10.1. The number of anilines is 1. The molecule has 0 aliphatic carbocycles. The van der Waals surface area contributed by atoms with E-state index >= 15 is 0 Å². The van der Waals surface area contributed by atoms with E-state index in [0.29, 0.717) is 15.6 Å². The maximum absolute atomic E-state index is 11.9. The van der Waals surface area contributed by atoms with Crippen molar-refractivity contribution in [1.29, 1.82) is 0 Å². The van der Waals surface area contributed by atoms with Gasteiger partial charge in [0.1, 0.15) is 4.32 Å². The van der Waals surface area contributed by atoms with E-state index in [2.05, 4.69) is 15.5 Å². The highest BCUT2D eigenvalue weighted by atomic mass is 32.2. The fourth-order valence-electron chi connectivity index (χ4n) is 2.38. The summed E-state index contributed by atoms with van der Waals surface area (Å²) in [5, 5.41) is 5.10. The third kappa shape index (κ3) is 6.30. The summed E-state index contributed by atoms with van der Waals surface area (Å²) in [6, 6.07) is 6.48. The van der Waals surface area contributed by atoms with E-state index in [1.165, 1.54) is 18.8 Å². The molecule has 2 N–H and O–H groups in total. The number of hydrogen-bond donors (Lipinski definition) is 2. The Balaban J connectivity index is 1.71. The minimum Gasteiger partial charge on any atom is -0.455 e. The van der Waals surface area contributed by atoms with Crippen LogP contribution in [0.2, 0.25) is 0 Å². The van der Waals surface area contributed by atoms with E-state index in [-0.39, 0.29) is 18.3 Å². The SMILES string of the molecule is CNC(=O)c1cccc(NC(=O)COC(=O)CSC(=S)N2CCCC2)c1. The van der Waals surface area contributed by atoms with Crippen LogP contribution in [0, 0.1) is 0 Å². The Morgan fingerprint density at radius 3 is 2.69 bits per heavy atom. The van der Waals surface area contributed by atoms with Crippen LogP contribution in [-0.2, 0) is 14.3 Å². The first-order valence-corrected chi connectivity index (χ1v) is 9.58. The number of carbonyl (C=O) groups is 3. The Morgan fingerprint density at radius 2 is 2.00 bits per heavy atom. The second-order valence-corrected chi connectivity index (χ2v) is 7.23. The van der Waals surface area contributed by atoms with Crippen molar-refractivity contribution in [3.8, 4) is 0 Å². The number of nitrogens with zero attached hydrogens (tertiary/aromatic N) is 1. The average Bonchev–Trinajstić information content (AvgIpc) is 3.18. The van der Waals surface area contributed by atoms with Gasteiger partial charge in [0.15, 0.2) is 6.61 Å². The molecule has 0 aromatic heterocycles. The predicted molar refractivity (Wildman–Crippen MR) is 105 cm³/mol. The molecule has 140 valence electrons. The largest absolute Gasteiger partial charge is 0.455 e. The number of likely N-dealkylation sites (tertiary alicyclic amines) is 1. The van der Waals surface area contributed by atoms with Gasteiger partial charge in [0.25, 0.3) is 11.8 Å². The lowest BCUT2D eigenvalue weighted by Gasteiger charge is -2.17. The topological polar surface area (TPSA) is 87.7 Å². The summed E-state index contributed by atoms with van der Waals surface area (Å²) in [6.45, 7) is 1.47. The number of nitrogens with one attached hydrogen (secondary N) is 2. The minimum absolute atomic E-state index is 0.0781. The molecule has 1 fully saturated rings. The average molecular weight is 396 g/mol. The van der Waals surface area contributed by atoms with Gasteiger partial charge in [-0.15, -0.1) is 0 Å². The number of ether oxygens (including phenoxy) is 1. The van der Waals surface area contributed by atoms with E-state index in [1.54, 1.807) is 24.3 Å². The number of carbonyl (C=O) groups excluding carboxylic acids is 3. The highest BCUT2D eigenvalue weighted by Gasteiger charge is 2.17. The molecule has 0 spiro atoms. The smallest absolute Gasteiger partial charge is 0.316 e. The number of hydrogen-bond acceptors (Lipinski definition) is 6. The summed E-state index contributed by atoms with van der Waals surface area (Å²) in [4.78, 5) is 37.3. The third-order valence-electron chi connectivity index (χ3n) is 3.68. The first-order chi connectivity index (χ1) is 12.5. The standard InChI is InChI=1S/C17H21N3O4S2/c1-18-16(23)12-5-4-6-13(9-12)19-14(21)10-24-15(22)11-26-17(25)20-7-2-3-8-20/h4-6,9H,2-3,7-8,10-11H2,1H3,(H,18,23)(H,19,21). The number of rotatable bonds is 6. The molecule has 1 aliphatic rings. The van der Waals surface area contributed by atoms with Crippen molar-refractivity contribution in [2.75, 3.05) is 37.8 Å². The van der Waals surface area contributed by atoms with Crippen LogP contribution in [0.25, 0.3) is 0 Å². The van der Waals surface area contributed by atoms with E-state index in [4.69, 9.17) is 17.0 Å². The summed E-state index contributed by atoms with van der Waals surface area (Å²) in [5.41, 5.74) is 0.880. The molecule has 1 saturated heterocycles. The van der Waals surface area contributed by atoms with E-state index in [9.17, 15) is 14.4 Å². The van der Waals surface area contributed by atoms with Gasteiger partial charge in [-0.1, -0.05) is 30.0 Å². The molecule has 2 amide bonds. The van der Waals surface area contributed by atoms with Crippen molar-refractivity contribution in [2.24, 2.45) is 0 Å². The van der Waals surface area contributed by atoms with Crippen molar-refractivity contribution in [3.63, 3.8) is 0 Å². The Hall–Kier alpha value is -2.13. The maximum Gasteiger partial charge on any atom is 0.316 e. The Bertz CT molecular complexity index is 690. The van der Waals surface area contributed by atoms with Crippen molar-refractivity contribution in [2.45, 2.75) is 12.8 Å². The molecule has 7 nitrogen and oxygen atoms in total. The lowest BCUT2D eigenvalue weighted by molar-refractivity contribution is -0.144. The van der Waals surface area contributed by atoms with Crippen LogP contribution in [0.1, 0.15) is 23.2 Å². The molecular formula is C17H21N3O4S2. The summed E-state index contributed by atoms with van der Waals surface area (Å²) in [6.07, 6.45) is 2.23. The molecule has 0 bridgehead atoms. The van der Waals surface area contributed by atoms with Crippen LogP contribution < -0.4 is 10.6 Å². The van der Waals surface area contributed by atoms with Crippen LogP contribution in [-0.4, -0.2) is 59.5 Å². The van der Waals surface area contributed by atoms with Crippen LogP contribution in [0.3, 0.4) is 0 Å². The molecule has 1 aromatic rings. The second-order valence-electron chi connectivity index (χ2n) is 5.62. The lowest BCUT2D eigenvalue weighted by Crippen LogP contribution is -2.25. The fourth-order valence-corrected chi connectivity index (χ4v) is 3.43. The first kappa shape index (κ1) is 20.2. The van der Waals surface area contributed by atoms with Gasteiger partial charge >= 0.3 is 5.97 Å². The lowest BCUT2D eigenvalue weighted by atomic mass is 10.2. The van der Waals surface area contributed by atoms with Gasteiger partial charge < -0.3 is 20.3 Å². The van der Waals surface area contributed by atoms with Gasteiger partial charge in [-0.05, 0) is 31.0 Å². The quantitative estimate of drug-likeness (QED) is 0.559. The molecule has 2 rings (SSSR count). The molecule has 0 unspecified atom stereocenters. The zero-order chi connectivity index (χ0) is 18.9. The predicted octanol–water partition coefficient (Wildman–Crippen LogP) is 1.64. The van der Waals surface area contributed by atoms with Crippen LogP contribution >= 0.6 is 24.0 Å². The van der Waals surface area contributed by atoms with Gasteiger partial charge in [-0.2, -0.15) is 0 Å². The summed E-state index contributed by atoms with van der Waals surface area (Å²) < 4.78 is 5.65. The minimum atomic E-state index is -0.495. The van der Waals surface area contributed by atoms with Crippen molar-refractivity contribution >= 4 is 51.8 Å². The first-order valence-electron chi connectivity index (χ1n) is 8.19. The summed E-state index contributed by atoms with van der Waals surface area (Å²) in [7, 11) is 1.53. The number of amides is 2. The van der Waals surface area contributed by atoms with Crippen LogP contribution in [0.4, 0.5) is 5.69 Å². The van der Waals surface area contributed by atoms with Crippen molar-refractivity contribution < 1.29 is 19.1 Å². The number of benzene rings is 1. The molecule has 0 saturated carbocycles. The zero-order valence-corrected chi connectivity index (χ0v) is 16.1. The molecule has 1 heterocycles. The molecule has 9 heteroatoms. The third-order valence-corrected chi connectivity index (χ3v) is 5.17. The van der Waals surface area contributed by atoms with E-state index < -0.39 is 11.9 Å². The van der Waals surface area contributed by atoms with Gasteiger partial charge in [-0.3, -0.25) is 14.4 Å². The van der Waals surface area contributed by atoms with Gasteiger partial charge in [0.2, 0.25) is 0 Å². The number of thiocarbonyl (C=S) groups is 1. The number of thioether (sulfide) groups is 1. The van der Waals surface area contributed by atoms with Gasteiger partial charge in [0, 0.05) is 31.4 Å². The monoisotopic (exact) mass is 395 g/mol. The van der Waals surface area contributed by atoms with E-state index in [1.807, 2.05) is 0 Å². The van der Waals surface area contributed by atoms with Crippen LogP contribution in [0.5, 0.6) is 0 Å². The zero-order valence-electron chi connectivity index (χ0n) is 14.4. The maximum atomic E-state index is 11.9. The molecular weight excluding hydrogens is 374 g/mol. The van der Waals surface area contributed by atoms with Gasteiger partial charge in [-0.25, -0.2) is 0 Å². The molecule has 26 heavy (non-hydrogen) atoms. The molecule has 1 aliphatic heterocycles. The highest BCUT2D eigenvalue weighted by Crippen LogP contribution is 2.16. The number of esters is 1. The Morgan fingerprint density at radius 1 is 1.27 bits per heavy atom. The summed E-state index contributed by atoms with van der Waals surface area (Å²) in [5.74, 6) is -1.14. The van der Waals surface area contributed by atoms with Crippen LogP contribution in [0.15, 0.2) is 24.3 Å².